The zero-order valence-electron chi connectivity index (χ0n) is 12.8. The Labute approximate surface area is 141 Å². The second kappa shape index (κ2) is 6.74. The number of carbonyl (C=O) groups excluding carboxylic acids is 2. The molecule has 0 spiro atoms. The molecule has 2 aromatic heterocycles. The van der Waals surface area contributed by atoms with E-state index in [1.54, 1.807) is 18.2 Å². The molecule has 10 heteroatoms. The van der Waals surface area contributed by atoms with Gasteiger partial charge in [-0.05, 0) is 12.1 Å². The zero-order chi connectivity index (χ0) is 17.8. The Kier molecular flexibility index (Phi) is 4.33. The van der Waals surface area contributed by atoms with Gasteiger partial charge in [0.15, 0.2) is 11.5 Å². The van der Waals surface area contributed by atoms with E-state index >= 15 is 0 Å². The van der Waals surface area contributed by atoms with Crippen molar-refractivity contribution in [2.45, 2.75) is 6.54 Å². The van der Waals surface area contributed by atoms with Crippen LogP contribution in [-0.2, 0) is 11.3 Å². The van der Waals surface area contributed by atoms with E-state index in [0.717, 1.165) is 0 Å². The fraction of sp³-hybridized carbons (Fsp3) is 0.0667. The summed E-state index contributed by atoms with van der Waals surface area (Å²) in [6.07, 6.45) is 4.16. The first-order valence-electron chi connectivity index (χ1n) is 7.12. The number of primary amides is 1. The van der Waals surface area contributed by atoms with Crippen molar-refractivity contribution in [2.75, 3.05) is 5.32 Å². The summed E-state index contributed by atoms with van der Waals surface area (Å²) in [6, 6.07) is 6.51. The molecule has 0 aliphatic heterocycles. The molecule has 25 heavy (non-hydrogen) atoms. The highest BCUT2D eigenvalue weighted by molar-refractivity contribution is 6.02. The Morgan fingerprint density at radius 1 is 1.24 bits per heavy atom. The van der Waals surface area contributed by atoms with Gasteiger partial charge in [-0.25, -0.2) is 14.6 Å². The molecule has 126 valence electrons. The van der Waals surface area contributed by atoms with Gasteiger partial charge in [-0.15, -0.1) is 5.10 Å². The van der Waals surface area contributed by atoms with Crippen LogP contribution < -0.4 is 11.1 Å². The number of anilines is 1. The third-order valence-corrected chi connectivity index (χ3v) is 3.10. The highest BCUT2D eigenvalue weighted by Gasteiger charge is 2.12. The number of hydrogen-bond donors (Lipinski definition) is 3. The number of phenolic OH excluding ortho intramolecular Hbond substituents is 1. The summed E-state index contributed by atoms with van der Waals surface area (Å²) in [7, 11) is 0. The van der Waals surface area contributed by atoms with Crippen LogP contribution in [-0.4, -0.2) is 41.9 Å². The van der Waals surface area contributed by atoms with Crippen LogP contribution in [0.3, 0.4) is 0 Å². The number of rotatable bonds is 5. The predicted molar refractivity (Wildman–Crippen MR) is 86.3 cm³/mol. The molecule has 0 atom stereocenters. The third kappa shape index (κ3) is 3.93. The molecular weight excluding hydrogens is 326 g/mol. The van der Waals surface area contributed by atoms with E-state index in [-0.39, 0.29) is 18.0 Å². The number of carbonyl (C=O) groups is 2. The topological polar surface area (TPSA) is 149 Å². The van der Waals surface area contributed by atoms with Gasteiger partial charge in [-0.1, -0.05) is 17.3 Å². The predicted octanol–water partition coefficient (Wildman–Crippen LogP) is 0.178. The van der Waals surface area contributed by atoms with Crippen molar-refractivity contribution in [3.05, 3.63) is 48.5 Å². The molecule has 0 unspecified atom stereocenters. The van der Waals surface area contributed by atoms with Crippen LogP contribution in [0.25, 0.3) is 11.4 Å². The summed E-state index contributed by atoms with van der Waals surface area (Å²) in [5.74, 6) is -0.601. The van der Waals surface area contributed by atoms with Crippen molar-refractivity contribution < 1.29 is 14.7 Å². The SMILES string of the molecule is NC(=O)Cn1cc(C(=O)Nc2cnc(-c3cccc(O)c3)nc2)nn1. The van der Waals surface area contributed by atoms with Crippen molar-refractivity contribution >= 4 is 17.5 Å². The average molecular weight is 339 g/mol. The van der Waals surface area contributed by atoms with Crippen LogP contribution in [0.1, 0.15) is 10.5 Å². The second-order valence-corrected chi connectivity index (χ2v) is 5.07. The number of aromatic hydroxyl groups is 1. The normalized spacial score (nSPS) is 10.4. The first-order chi connectivity index (χ1) is 12.0. The summed E-state index contributed by atoms with van der Waals surface area (Å²) in [5.41, 5.74) is 6.08. The van der Waals surface area contributed by atoms with Gasteiger partial charge in [0, 0.05) is 5.56 Å². The quantitative estimate of drug-likeness (QED) is 0.600. The van der Waals surface area contributed by atoms with Crippen LogP contribution >= 0.6 is 0 Å². The number of phenols is 1. The highest BCUT2D eigenvalue weighted by Crippen LogP contribution is 2.20. The zero-order valence-corrected chi connectivity index (χ0v) is 12.8. The molecular formula is C15H13N7O3. The summed E-state index contributed by atoms with van der Waals surface area (Å²) >= 11 is 0. The smallest absolute Gasteiger partial charge is 0.277 e. The van der Waals surface area contributed by atoms with Crippen LogP contribution in [0.4, 0.5) is 5.69 Å². The number of benzene rings is 1. The fourth-order valence-electron chi connectivity index (χ4n) is 2.02. The summed E-state index contributed by atoms with van der Waals surface area (Å²) in [6.45, 7) is -0.165. The lowest BCUT2D eigenvalue weighted by molar-refractivity contribution is -0.118. The minimum absolute atomic E-state index is 0.0262. The van der Waals surface area contributed by atoms with Gasteiger partial charge in [0.2, 0.25) is 5.91 Å². The molecule has 2 heterocycles. The van der Waals surface area contributed by atoms with Gasteiger partial charge < -0.3 is 16.2 Å². The Morgan fingerprint density at radius 2 is 2.00 bits per heavy atom. The maximum absolute atomic E-state index is 12.1. The molecule has 0 fully saturated rings. The van der Waals surface area contributed by atoms with E-state index in [1.165, 1.54) is 29.3 Å². The Morgan fingerprint density at radius 3 is 2.68 bits per heavy atom. The molecule has 3 rings (SSSR count). The van der Waals surface area contributed by atoms with E-state index in [1.807, 2.05) is 0 Å². The minimum Gasteiger partial charge on any atom is -0.508 e. The average Bonchev–Trinajstić information content (AvgIpc) is 3.03. The van der Waals surface area contributed by atoms with E-state index in [4.69, 9.17) is 5.73 Å². The minimum atomic E-state index is -0.590. The van der Waals surface area contributed by atoms with Gasteiger partial charge >= 0.3 is 0 Å². The van der Waals surface area contributed by atoms with Crippen LogP contribution in [0.15, 0.2) is 42.9 Å². The highest BCUT2D eigenvalue weighted by atomic mass is 16.3. The number of nitrogens with two attached hydrogens (primary N) is 1. The van der Waals surface area contributed by atoms with E-state index < -0.39 is 11.8 Å². The number of hydrogen-bond acceptors (Lipinski definition) is 7. The lowest BCUT2D eigenvalue weighted by Gasteiger charge is -2.04. The van der Waals surface area contributed by atoms with Gasteiger partial charge in [0.1, 0.15) is 12.3 Å². The Hall–Kier alpha value is -3.82. The van der Waals surface area contributed by atoms with Crippen LogP contribution in [0, 0.1) is 0 Å². The molecule has 10 nitrogen and oxygen atoms in total. The number of nitrogens with zero attached hydrogens (tertiary/aromatic N) is 5. The monoisotopic (exact) mass is 339 g/mol. The Balaban J connectivity index is 1.69. The van der Waals surface area contributed by atoms with E-state index in [9.17, 15) is 14.7 Å². The molecule has 0 aliphatic rings. The van der Waals surface area contributed by atoms with Gasteiger partial charge in [0.05, 0.1) is 24.3 Å². The number of aromatic nitrogens is 5. The van der Waals surface area contributed by atoms with Crippen molar-refractivity contribution in [2.24, 2.45) is 5.73 Å². The van der Waals surface area contributed by atoms with E-state index in [0.29, 0.717) is 17.1 Å². The van der Waals surface area contributed by atoms with Crippen molar-refractivity contribution in [3.63, 3.8) is 0 Å². The van der Waals surface area contributed by atoms with Gasteiger partial charge in [0.25, 0.3) is 5.91 Å². The third-order valence-electron chi connectivity index (χ3n) is 3.10. The van der Waals surface area contributed by atoms with Gasteiger partial charge in [-0.2, -0.15) is 0 Å². The van der Waals surface area contributed by atoms with Crippen LogP contribution in [0.5, 0.6) is 5.75 Å². The lowest BCUT2D eigenvalue weighted by Crippen LogP contribution is -2.19. The lowest BCUT2D eigenvalue weighted by atomic mass is 10.2. The first kappa shape index (κ1) is 16.1. The molecule has 0 aliphatic carbocycles. The van der Waals surface area contributed by atoms with Gasteiger partial charge in [-0.3, -0.25) is 9.59 Å². The maximum atomic E-state index is 12.1. The molecule has 1 aromatic carbocycles. The molecule has 0 radical (unpaired) electrons. The molecule has 2 amide bonds. The first-order valence-corrected chi connectivity index (χ1v) is 7.12. The van der Waals surface area contributed by atoms with E-state index in [2.05, 4.69) is 25.6 Å². The second-order valence-electron chi connectivity index (χ2n) is 5.07. The molecule has 0 saturated heterocycles. The molecule has 0 bridgehead atoms. The number of nitrogens with one attached hydrogen (secondary N) is 1. The molecule has 0 saturated carbocycles. The summed E-state index contributed by atoms with van der Waals surface area (Å²) in [5, 5.41) is 19.3. The maximum Gasteiger partial charge on any atom is 0.277 e. The standard InChI is InChI=1S/C15H13N7O3/c16-13(24)8-22-7-12(20-21-22)15(25)19-10-5-17-14(18-6-10)9-2-1-3-11(23)4-9/h1-7,23H,8H2,(H2,16,24)(H,19,25). The van der Waals surface area contributed by atoms with Crippen molar-refractivity contribution in [1.82, 2.24) is 25.0 Å². The van der Waals surface area contributed by atoms with Crippen molar-refractivity contribution in [3.8, 4) is 17.1 Å². The van der Waals surface area contributed by atoms with Crippen molar-refractivity contribution in [1.29, 1.82) is 0 Å². The largest absolute Gasteiger partial charge is 0.508 e. The Bertz CT molecular complexity index is 921. The fourth-order valence-corrected chi connectivity index (χ4v) is 2.02. The molecule has 3 aromatic rings. The summed E-state index contributed by atoms with van der Waals surface area (Å²) in [4.78, 5) is 31.2. The van der Waals surface area contributed by atoms with Crippen LogP contribution in [0.2, 0.25) is 0 Å². The number of amides is 2. The summed E-state index contributed by atoms with van der Waals surface area (Å²) < 4.78 is 1.17. The molecule has 4 N–H and O–H groups in total.